The summed E-state index contributed by atoms with van der Waals surface area (Å²) in [5.74, 6) is 0.453. The molecular formula is C12H14ClF3N2O. The second-order valence-electron chi connectivity index (χ2n) is 4.51. The van der Waals surface area contributed by atoms with Gasteiger partial charge < -0.3 is 10.1 Å². The fraction of sp³-hybridized carbons (Fsp3) is 0.583. The summed E-state index contributed by atoms with van der Waals surface area (Å²) >= 11 is 5.75. The SMILES string of the molecule is FC(F)(F)c1cnc(OCC2CCNCC2)c(Cl)c1. The molecule has 1 aliphatic heterocycles. The molecule has 1 aliphatic rings. The van der Waals surface area contributed by atoms with Crippen molar-refractivity contribution in [2.45, 2.75) is 19.0 Å². The first-order valence-corrected chi connectivity index (χ1v) is 6.41. The molecule has 1 saturated heterocycles. The quantitative estimate of drug-likeness (QED) is 0.930. The molecule has 0 aliphatic carbocycles. The van der Waals surface area contributed by atoms with E-state index in [1.807, 2.05) is 0 Å². The highest BCUT2D eigenvalue weighted by Gasteiger charge is 2.31. The van der Waals surface area contributed by atoms with Crippen LogP contribution >= 0.6 is 11.6 Å². The van der Waals surface area contributed by atoms with Crippen LogP contribution in [0.4, 0.5) is 13.2 Å². The molecule has 0 spiro atoms. The zero-order valence-corrected chi connectivity index (χ0v) is 10.9. The Kier molecular flexibility index (Phi) is 4.52. The average Bonchev–Trinajstić information content (AvgIpc) is 2.37. The Morgan fingerprint density at radius 3 is 2.63 bits per heavy atom. The molecule has 2 rings (SSSR count). The molecule has 19 heavy (non-hydrogen) atoms. The minimum absolute atomic E-state index is 0.0631. The van der Waals surface area contributed by atoms with E-state index in [-0.39, 0.29) is 10.9 Å². The van der Waals surface area contributed by atoms with E-state index in [0.29, 0.717) is 12.5 Å². The summed E-state index contributed by atoms with van der Waals surface area (Å²) in [6.45, 7) is 2.30. The summed E-state index contributed by atoms with van der Waals surface area (Å²) in [5, 5.41) is 3.12. The summed E-state index contributed by atoms with van der Waals surface area (Å²) in [6.07, 6.45) is -1.73. The predicted molar refractivity (Wildman–Crippen MR) is 65.3 cm³/mol. The fourth-order valence-electron chi connectivity index (χ4n) is 1.93. The Labute approximate surface area is 114 Å². The zero-order valence-electron chi connectivity index (χ0n) is 10.1. The number of piperidine rings is 1. The smallest absolute Gasteiger partial charge is 0.417 e. The summed E-state index contributed by atoms with van der Waals surface area (Å²) in [7, 11) is 0. The minimum atomic E-state index is -4.44. The Morgan fingerprint density at radius 2 is 2.05 bits per heavy atom. The van der Waals surface area contributed by atoms with Gasteiger partial charge in [0.25, 0.3) is 0 Å². The molecule has 1 fully saturated rings. The van der Waals surface area contributed by atoms with Gasteiger partial charge >= 0.3 is 6.18 Å². The molecule has 1 N–H and O–H groups in total. The van der Waals surface area contributed by atoms with Crippen molar-refractivity contribution in [1.82, 2.24) is 10.3 Å². The van der Waals surface area contributed by atoms with Gasteiger partial charge in [0.05, 0.1) is 12.2 Å². The van der Waals surface area contributed by atoms with Crippen molar-refractivity contribution in [2.75, 3.05) is 19.7 Å². The molecular weight excluding hydrogens is 281 g/mol. The first-order chi connectivity index (χ1) is 8.97. The predicted octanol–water partition coefficient (Wildman–Crippen LogP) is 3.13. The van der Waals surface area contributed by atoms with E-state index in [1.165, 1.54) is 0 Å². The van der Waals surface area contributed by atoms with Crippen LogP contribution in [-0.2, 0) is 6.18 Å². The summed E-state index contributed by atoms with van der Waals surface area (Å²) in [5.41, 5.74) is -0.869. The van der Waals surface area contributed by atoms with Crippen molar-refractivity contribution in [3.63, 3.8) is 0 Å². The van der Waals surface area contributed by atoms with Gasteiger partial charge in [-0.2, -0.15) is 13.2 Å². The van der Waals surface area contributed by atoms with Crippen molar-refractivity contribution in [3.8, 4) is 5.88 Å². The number of hydrogen-bond donors (Lipinski definition) is 1. The van der Waals surface area contributed by atoms with Crippen molar-refractivity contribution in [3.05, 3.63) is 22.8 Å². The number of aromatic nitrogens is 1. The van der Waals surface area contributed by atoms with Crippen molar-refractivity contribution in [1.29, 1.82) is 0 Å². The van der Waals surface area contributed by atoms with Gasteiger partial charge in [-0.15, -0.1) is 0 Å². The van der Waals surface area contributed by atoms with Gasteiger partial charge in [-0.3, -0.25) is 0 Å². The first-order valence-electron chi connectivity index (χ1n) is 6.03. The minimum Gasteiger partial charge on any atom is -0.476 e. The van der Waals surface area contributed by atoms with Crippen molar-refractivity contribution in [2.24, 2.45) is 5.92 Å². The Balaban J connectivity index is 1.97. The third-order valence-electron chi connectivity index (χ3n) is 3.05. The monoisotopic (exact) mass is 294 g/mol. The Hall–Kier alpha value is -1.01. The number of alkyl halides is 3. The molecule has 0 radical (unpaired) electrons. The summed E-state index contributed by atoms with van der Waals surface area (Å²) in [4.78, 5) is 3.64. The van der Waals surface area contributed by atoms with Crippen LogP contribution in [-0.4, -0.2) is 24.7 Å². The normalized spacial score (nSPS) is 17.5. The maximum Gasteiger partial charge on any atom is 0.417 e. The standard InChI is InChI=1S/C12H14ClF3N2O/c13-10-5-9(12(14,15)16)6-18-11(10)19-7-8-1-3-17-4-2-8/h5-6,8,17H,1-4,7H2. The Morgan fingerprint density at radius 1 is 1.37 bits per heavy atom. The van der Waals surface area contributed by atoms with Gasteiger partial charge in [-0.05, 0) is 37.9 Å². The first kappa shape index (κ1) is 14.4. The molecule has 0 unspecified atom stereocenters. The molecule has 0 aromatic carbocycles. The number of nitrogens with zero attached hydrogens (tertiary/aromatic N) is 1. The number of rotatable bonds is 3. The average molecular weight is 295 g/mol. The van der Waals surface area contributed by atoms with Crippen LogP contribution in [0.3, 0.4) is 0 Å². The van der Waals surface area contributed by atoms with Gasteiger partial charge in [0, 0.05) is 6.20 Å². The number of ether oxygens (including phenoxy) is 1. The molecule has 0 amide bonds. The topological polar surface area (TPSA) is 34.1 Å². The molecule has 0 atom stereocenters. The van der Waals surface area contributed by atoms with Gasteiger partial charge in [-0.1, -0.05) is 11.6 Å². The Bertz CT molecular complexity index is 433. The van der Waals surface area contributed by atoms with Crippen LogP contribution in [0.25, 0.3) is 0 Å². The van der Waals surface area contributed by atoms with Gasteiger partial charge in [-0.25, -0.2) is 4.98 Å². The number of halogens is 4. The molecule has 7 heteroatoms. The number of hydrogen-bond acceptors (Lipinski definition) is 3. The van der Waals surface area contributed by atoms with E-state index in [1.54, 1.807) is 0 Å². The third kappa shape index (κ3) is 3.98. The highest BCUT2D eigenvalue weighted by Crippen LogP contribution is 2.33. The van der Waals surface area contributed by atoms with E-state index in [0.717, 1.165) is 38.2 Å². The number of nitrogens with one attached hydrogen (secondary N) is 1. The van der Waals surface area contributed by atoms with Crippen LogP contribution < -0.4 is 10.1 Å². The molecule has 2 heterocycles. The second-order valence-corrected chi connectivity index (χ2v) is 4.92. The lowest BCUT2D eigenvalue weighted by Gasteiger charge is -2.22. The van der Waals surface area contributed by atoms with Gasteiger partial charge in [0.1, 0.15) is 5.02 Å². The second kappa shape index (κ2) is 5.96. The molecule has 1 aromatic rings. The van der Waals surface area contributed by atoms with Crippen LogP contribution in [0, 0.1) is 5.92 Å². The van der Waals surface area contributed by atoms with E-state index in [4.69, 9.17) is 16.3 Å². The number of pyridine rings is 1. The van der Waals surface area contributed by atoms with Crippen molar-refractivity contribution < 1.29 is 17.9 Å². The fourth-order valence-corrected chi connectivity index (χ4v) is 2.15. The zero-order chi connectivity index (χ0) is 13.9. The van der Waals surface area contributed by atoms with Crippen LogP contribution in [0.1, 0.15) is 18.4 Å². The maximum atomic E-state index is 12.4. The molecule has 1 aromatic heterocycles. The summed E-state index contributed by atoms with van der Waals surface area (Å²) < 4.78 is 42.7. The third-order valence-corrected chi connectivity index (χ3v) is 3.32. The lowest BCUT2D eigenvalue weighted by atomic mass is 9.99. The largest absolute Gasteiger partial charge is 0.476 e. The lowest BCUT2D eigenvalue weighted by Crippen LogP contribution is -2.30. The highest BCUT2D eigenvalue weighted by atomic mass is 35.5. The van der Waals surface area contributed by atoms with E-state index in [9.17, 15) is 13.2 Å². The van der Waals surface area contributed by atoms with Crippen molar-refractivity contribution >= 4 is 11.6 Å². The molecule has 0 saturated carbocycles. The highest BCUT2D eigenvalue weighted by molar-refractivity contribution is 6.31. The van der Waals surface area contributed by atoms with E-state index in [2.05, 4.69) is 10.3 Å². The van der Waals surface area contributed by atoms with Crippen LogP contribution in [0.2, 0.25) is 5.02 Å². The van der Waals surface area contributed by atoms with E-state index >= 15 is 0 Å². The molecule has 0 bridgehead atoms. The lowest BCUT2D eigenvalue weighted by molar-refractivity contribution is -0.137. The molecule has 106 valence electrons. The molecule has 3 nitrogen and oxygen atoms in total. The van der Waals surface area contributed by atoms with Crippen LogP contribution in [0.15, 0.2) is 12.3 Å². The van der Waals surface area contributed by atoms with E-state index < -0.39 is 11.7 Å². The maximum absolute atomic E-state index is 12.4. The van der Waals surface area contributed by atoms with Crippen LogP contribution in [0.5, 0.6) is 5.88 Å². The summed E-state index contributed by atoms with van der Waals surface area (Å²) in [6, 6.07) is 0.840. The van der Waals surface area contributed by atoms with Gasteiger partial charge in [0.2, 0.25) is 5.88 Å². The van der Waals surface area contributed by atoms with Gasteiger partial charge in [0.15, 0.2) is 0 Å².